The molecule has 0 amide bonds. The first kappa shape index (κ1) is 19.2. The average molecular weight is 353 g/mol. The Hall–Kier alpha value is -0.610. The molecule has 0 spiro atoms. The molecule has 3 unspecified atom stereocenters. The lowest BCUT2D eigenvalue weighted by atomic mass is 9.56. The van der Waals surface area contributed by atoms with E-state index in [-0.39, 0.29) is 16.8 Å². The highest BCUT2D eigenvalue weighted by Crippen LogP contribution is 2.77. The summed E-state index contributed by atoms with van der Waals surface area (Å²) in [5, 5.41) is 22.0. The summed E-state index contributed by atoms with van der Waals surface area (Å²) >= 11 is 0. The molecule has 4 aliphatic carbocycles. The first-order chi connectivity index (χ1) is 11.1. The SMILES string of the molecule is CCC(C)(C)C(=O)OC12CC3C[C@](C(C)(C)O)(C1)CC3(C(C)(C)O)C2. The molecule has 4 nitrogen and oxygen atoms in total. The molecule has 25 heavy (non-hydrogen) atoms. The van der Waals surface area contributed by atoms with Crippen molar-refractivity contribution in [1.82, 2.24) is 0 Å². The Morgan fingerprint density at radius 3 is 2.04 bits per heavy atom. The lowest BCUT2D eigenvalue weighted by Gasteiger charge is -2.54. The van der Waals surface area contributed by atoms with Crippen LogP contribution >= 0.6 is 0 Å². The maximum Gasteiger partial charge on any atom is 0.312 e. The highest BCUT2D eigenvalue weighted by molar-refractivity contribution is 5.76. The fourth-order valence-electron chi connectivity index (χ4n) is 6.15. The third kappa shape index (κ3) is 2.50. The summed E-state index contributed by atoms with van der Waals surface area (Å²) in [6.07, 6.45) is 4.71. The van der Waals surface area contributed by atoms with E-state index < -0.39 is 22.2 Å². The summed E-state index contributed by atoms with van der Waals surface area (Å²) in [5.41, 5.74) is -3.30. The summed E-state index contributed by atoms with van der Waals surface area (Å²) < 4.78 is 6.21. The van der Waals surface area contributed by atoms with E-state index >= 15 is 0 Å². The molecule has 4 saturated carbocycles. The number of rotatable bonds is 5. The van der Waals surface area contributed by atoms with Crippen LogP contribution in [0.15, 0.2) is 0 Å². The number of hydrogen-bond donors (Lipinski definition) is 2. The zero-order valence-corrected chi connectivity index (χ0v) is 17.0. The van der Waals surface area contributed by atoms with Gasteiger partial charge in [-0.1, -0.05) is 6.92 Å². The second kappa shape index (κ2) is 5.01. The van der Waals surface area contributed by atoms with Gasteiger partial charge in [0.2, 0.25) is 0 Å². The molecule has 4 aliphatic rings. The molecule has 0 radical (unpaired) electrons. The lowest BCUT2D eigenvalue weighted by Crippen LogP contribution is -2.56. The van der Waals surface area contributed by atoms with Crippen LogP contribution in [-0.2, 0) is 9.53 Å². The van der Waals surface area contributed by atoms with E-state index in [4.69, 9.17) is 4.74 Å². The van der Waals surface area contributed by atoms with E-state index in [1.165, 1.54) is 0 Å². The second-order valence-corrected chi connectivity index (χ2v) is 11.0. The Kier molecular flexibility index (Phi) is 3.84. The number of carbonyl (C=O) groups excluding carboxylic acids is 1. The monoisotopic (exact) mass is 352 g/mol. The summed E-state index contributed by atoms with van der Waals surface area (Å²) in [5.74, 6) is 0.152. The van der Waals surface area contributed by atoms with Gasteiger partial charge in [-0.3, -0.25) is 4.79 Å². The van der Waals surface area contributed by atoms with Gasteiger partial charge in [0.05, 0.1) is 16.6 Å². The number of esters is 1. The van der Waals surface area contributed by atoms with Crippen molar-refractivity contribution in [3.8, 4) is 0 Å². The van der Waals surface area contributed by atoms with Gasteiger partial charge in [0, 0.05) is 10.8 Å². The summed E-state index contributed by atoms with van der Waals surface area (Å²) in [7, 11) is 0. The fraction of sp³-hybridized carbons (Fsp3) is 0.952. The molecule has 2 N–H and O–H groups in total. The van der Waals surface area contributed by atoms with E-state index in [0.29, 0.717) is 12.3 Å². The molecule has 144 valence electrons. The summed E-state index contributed by atoms with van der Waals surface area (Å²) in [4.78, 5) is 12.8. The van der Waals surface area contributed by atoms with Crippen LogP contribution in [0.1, 0.15) is 87.0 Å². The maximum atomic E-state index is 12.8. The molecule has 0 saturated heterocycles. The molecule has 4 bridgehead atoms. The van der Waals surface area contributed by atoms with Crippen molar-refractivity contribution in [2.24, 2.45) is 22.2 Å². The number of ether oxygens (including phenoxy) is 1. The van der Waals surface area contributed by atoms with Crippen LogP contribution in [0, 0.1) is 22.2 Å². The minimum Gasteiger partial charge on any atom is -0.459 e. The van der Waals surface area contributed by atoms with E-state index in [1.807, 2.05) is 48.5 Å². The molecule has 0 aromatic heterocycles. The van der Waals surface area contributed by atoms with Crippen LogP contribution in [0.25, 0.3) is 0 Å². The highest BCUT2D eigenvalue weighted by atomic mass is 16.6. The molecule has 4 rings (SSSR count). The van der Waals surface area contributed by atoms with Crippen LogP contribution in [0.5, 0.6) is 0 Å². The molecule has 4 fully saturated rings. The predicted octanol–water partition coefficient (Wildman–Crippen LogP) is 3.83. The Labute approximate surface area is 152 Å². The van der Waals surface area contributed by atoms with E-state index in [0.717, 1.165) is 32.1 Å². The lowest BCUT2D eigenvalue weighted by molar-refractivity contribution is -0.200. The van der Waals surface area contributed by atoms with Crippen LogP contribution < -0.4 is 0 Å². The van der Waals surface area contributed by atoms with Crippen molar-refractivity contribution >= 4 is 5.97 Å². The highest BCUT2D eigenvalue weighted by Gasteiger charge is 2.76. The van der Waals surface area contributed by atoms with Crippen molar-refractivity contribution in [3.63, 3.8) is 0 Å². The normalized spacial score (nSPS) is 40.6. The summed E-state index contributed by atoms with van der Waals surface area (Å²) in [6, 6.07) is 0. The molecular weight excluding hydrogens is 316 g/mol. The van der Waals surface area contributed by atoms with Gasteiger partial charge in [0.15, 0.2) is 0 Å². The van der Waals surface area contributed by atoms with Crippen LogP contribution in [-0.4, -0.2) is 33.0 Å². The standard InChI is InChI=1S/C21H36O4/c1-8-16(2,3)15(22)25-20-10-14-9-19(11-20,17(4,5)23)12-21(14,13-20)18(6,7)24/h14,23-24H,8-13H2,1-7H3/t14?,19-,20?,21?/m0/s1. The number of aliphatic hydroxyl groups is 2. The maximum absolute atomic E-state index is 12.8. The molecule has 4 heteroatoms. The summed E-state index contributed by atoms with van der Waals surface area (Å²) in [6.45, 7) is 13.4. The Morgan fingerprint density at radius 2 is 1.60 bits per heavy atom. The molecule has 0 heterocycles. The van der Waals surface area contributed by atoms with Gasteiger partial charge in [0.1, 0.15) is 5.60 Å². The first-order valence-electron chi connectivity index (χ1n) is 9.80. The van der Waals surface area contributed by atoms with Crippen LogP contribution in [0.2, 0.25) is 0 Å². The topological polar surface area (TPSA) is 66.8 Å². The third-order valence-electron chi connectivity index (χ3n) is 8.25. The molecule has 0 aliphatic heterocycles. The van der Waals surface area contributed by atoms with Crippen molar-refractivity contribution in [3.05, 3.63) is 0 Å². The van der Waals surface area contributed by atoms with Gasteiger partial charge in [-0.25, -0.2) is 0 Å². The zero-order valence-electron chi connectivity index (χ0n) is 17.0. The van der Waals surface area contributed by atoms with Gasteiger partial charge in [-0.05, 0) is 86.0 Å². The smallest absolute Gasteiger partial charge is 0.312 e. The van der Waals surface area contributed by atoms with Crippen molar-refractivity contribution in [2.75, 3.05) is 0 Å². The number of carbonyl (C=O) groups is 1. The quantitative estimate of drug-likeness (QED) is 0.738. The minimum atomic E-state index is -0.850. The first-order valence-corrected chi connectivity index (χ1v) is 9.80. The van der Waals surface area contributed by atoms with Crippen LogP contribution in [0.4, 0.5) is 0 Å². The average Bonchev–Trinajstić information content (AvgIpc) is 2.80. The minimum absolute atomic E-state index is 0.145. The Bertz CT molecular complexity index is 578. The molecular formula is C21H36O4. The molecule has 4 atom stereocenters. The van der Waals surface area contributed by atoms with E-state index in [1.54, 1.807) is 0 Å². The van der Waals surface area contributed by atoms with Gasteiger partial charge in [-0.15, -0.1) is 0 Å². The van der Waals surface area contributed by atoms with Crippen molar-refractivity contribution in [1.29, 1.82) is 0 Å². The van der Waals surface area contributed by atoms with Crippen molar-refractivity contribution < 1.29 is 19.7 Å². The third-order valence-corrected chi connectivity index (χ3v) is 8.25. The van der Waals surface area contributed by atoms with E-state index in [2.05, 4.69) is 0 Å². The van der Waals surface area contributed by atoms with Crippen LogP contribution in [0.3, 0.4) is 0 Å². The van der Waals surface area contributed by atoms with Gasteiger partial charge < -0.3 is 14.9 Å². The van der Waals surface area contributed by atoms with Gasteiger partial charge in [-0.2, -0.15) is 0 Å². The van der Waals surface area contributed by atoms with E-state index in [9.17, 15) is 15.0 Å². The second-order valence-electron chi connectivity index (χ2n) is 11.0. The largest absolute Gasteiger partial charge is 0.459 e. The predicted molar refractivity (Wildman–Crippen MR) is 96.9 cm³/mol. The molecule has 0 aromatic rings. The molecule has 0 aromatic carbocycles. The Morgan fingerprint density at radius 1 is 1.00 bits per heavy atom. The zero-order chi connectivity index (χ0) is 19.1. The number of hydrogen-bond acceptors (Lipinski definition) is 4. The fourth-order valence-corrected chi connectivity index (χ4v) is 6.15. The Balaban J connectivity index is 2.00. The van der Waals surface area contributed by atoms with Crippen molar-refractivity contribution in [2.45, 2.75) is 104 Å². The van der Waals surface area contributed by atoms with Gasteiger partial charge in [0.25, 0.3) is 0 Å². The van der Waals surface area contributed by atoms with Gasteiger partial charge >= 0.3 is 5.97 Å².